The van der Waals surface area contributed by atoms with Crippen molar-refractivity contribution in [3.8, 4) is 44.5 Å². The summed E-state index contributed by atoms with van der Waals surface area (Å²) >= 11 is 1.86. The number of nitrogens with zero attached hydrogens (tertiary/aromatic N) is 1. The molecule has 11 aromatic carbocycles. The minimum absolute atomic E-state index is 0.472. The summed E-state index contributed by atoms with van der Waals surface area (Å²) in [5, 5.41) is 4.89. The summed E-state index contributed by atoms with van der Waals surface area (Å²) in [6, 6.07) is 95.6. The zero-order valence-electron chi connectivity index (χ0n) is 38.1. The van der Waals surface area contributed by atoms with Crippen molar-refractivity contribution in [3.05, 3.63) is 283 Å². The van der Waals surface area contributed by atoms with Crippen LogP contribution in [0.3, 0.4) is 0 Å². The Kier molecular flexibility index (Phi) is 9.33. The first kappa shape index (κ1) is 40.3. The van der Waals surface area contributed by atoms with Crippen LogP contribution in [0.4, 0.5) is 17.1 Å². The number of hydrogen-bond acceptors (Lipinski definition) is 3. The normalized spacial score (nSPS) is 12.7. The number of furan rings is 1. The van der Waals surface area contributed by atoms with E-state index >= 15 is 0 Å². The SMILES string of the molecule is c1ccc(C2(c3ccc(N(c4ccc(-c5cccc(-c6ccc7sc8ccccc8c7c6)c5)cc4)c4ccc(-c5ccc6oc7ccccc7c6c5)cc4)cc3)c3ccccc3-c3ccccc32)cc1. The van der Waals surface area contributed by atoms with Crippen LogP contribution in [-0.2, 0) is 5.41 Å². The van der Waals surface area contributed by atoms with E-state index in [9.17, 15) is 0 Å². The highest BCUT2D eigenvalue weighted by Gasteiger charge is 2.45. The molecule has 0 spiro atoms. The molecular formula is C67H43NOS. The number of benzene rings is 11. The molecule has 0 unspecified atom stereocenters. The van der Waals surface area contributed by atoms with Gasteiger partial charge in [-0.25, -0.2) is 0 Å². The average Bonchev–Trinajstić information content (AvgIpc) is 4.10. The predicted octanol–water partition coefficient (Wildman–Crippen LogP) is 18.8. The maximum atomic E-state index is 6.18. The number of hydrogen-bond donors (Lipinski definition) is 0. The number of para-hydroxylation sites is 1. The van der Waals surface area contributed by atoms with E-state index in [0.29, 0.717) is 0 Å². The molecule has 0 bridgehead atoms. The van der Waals surface area contributed by atoms with Crippen LogP contribution in [0.2, 0.25) is 0 Å². The quantitative estimate of drug-likeness (QED) is 0.151. The molecule has 14 rings (SSSR count). The van der Waals surface area contributed by atoms with Crippen LogP contribution in [0, 0.1) is 0 Å². The summed E-state index contributed by atoms with van der Waals surface area (Å²) in [6.07, 6.45) is 0. The van der Waals surface area contributed by atoms with Gasteiger partial charge in [0, 0.05) is 48.0 Å². The van der Waals surface area contributed by atoms with Crippen molar-refractivity contribution in [2.75, 3.05) is 4.90 Å². The van der Waals surface area contributed by atoms with E-state index in [1.54, 1.807) is 0 Å². The molecule has 2 heterocycles. The fourth-order valence-corrected chi connectivity index (χ4v) is 12.4. The molecule has 0 aliphatic heterocycles. The second kappa shape index (κ2) is 16.2. The van der Waals surface area contributed by atoms with Gasteiger partial charge in [0.2, 0.25) is 0 Å². The average molecular weight is 910 g/mol. The van der Waals surface area contributed by atoms with Gasteiger partial charge in [-0.3, -0.25) is 0 Å². The monoisotopic (exact) mass is 909 g/mol. The summed E-state index contributed by atoms with van der Waals surface area (Å²) in [4.78, 5) is 2.38. The fraction of sp³-hybridized carbons (Fsp3) is 0.0149. The van der Waals surface area contributed by atoms with Gasteiger partial charge in [0.15, 0.2) is 0 Å². The molecule has 0 amide bonds. The molecule has 3 heteroatoms. The Labute approximate surface area is 410 Å². The third-order valence-corrected chi connectivity index (χ3v) is 15.7. The summed E-state index contributed by atoms with van der Waals surface area (Å²) < 4.78 is 8.82. The molecular weight excluding hydrogens is 867 g/mol. The van der Waals surface area contributed by atoms with Gasteiger partial charge in [-0.1, -0.05) is 182 Å². The lowest BCUT2D eigenvalue weighted by molar-refractivity contribution is 0.669. The van der Waals surface area contributed by atoms with Crippen molar-refractivity contribution in [2.45, 2.75) is 5.41 Å². The van der Waals surface area contributed by atoms with Crippen molar-refractivity contribution in [1.82, 2.24) is 0 Å². The molecule has 13 aromatic rings. The minimum Gasteiger partial charge on any atom is -0.456 e. The van der Waals surface area contributed by atoms with Gasteiger partial charge >= 0.3 is 0 Å². The topological polar surface area (TPSA) is 16.4 Å². The largest absolute Gasteiger partial charge is 0.456 e. The highest BCUT2D eigenvalue weighted by atomic mass is 32.1. The number of thiophene rings is 1. The van der Waals surface area contributed by atoms with Crippen molar-refractivity contribution >= 4 is 70.5 Å². The van der Waals surface area contributed by atoms with E-state index in [2.05, 4.69) is 254 Å². The highest BCUT2D eigenvalue weighted by Crippen LogP contribution is 2.56. The Hall–Kier alpha value is -8.76. The van der Waals surface area contributed by atoms with Gasteiger partial charge in [-0.2, -0.15) is 0 Å². The second-order valence-electron chi connectivity index (χ2n) is 18.4. The Bertz CT molecular complexity index is 4060. The van der Waals surface area contributed by atoms with Gasteiger partial charge in [-0.15, -0.1) is 11.3 Å². The number of anilines is 3. The molecule has 0 fully saturated rings. The van der Waals surface area contributed by atoms with E-state index in [0.717, 1.165) is 50.1 Å². The molecule has 1 aliphatic rings. The lowest BCUT2D eigenvalue weighted by atomic mass is 9.68. The van der Waals surface area contributed by atoms with Crippen LogP contribution in [0.1, 0.15) is 22.3 Å². The van der Waals surface area contributed by atoms with Gasteiger partial charge in [0.05, 0.1) is 5.41 Å². The Morgan fingerprint density at radius 1 is 0.300 bits per heavy atom. The smallest absolute Gasteiger partial charge is 0.135 e. The van der Waals surface area contributed by atoms with E-state index in [1.807, 2.05) is 23.5 Å². The van der Waals surface area contributed by atoms with Gasteiger partial charge < -0.3 is 9.32 Å². The van der Waals surface area contributed by atoms with Crippen LogP contribution in [0.15, 0.2) is 265 Å². The summed E-state index contributed by atoms with van der Waals surface area (Å²) in [5.74, 6) is 0. The highest BCUT2D eigenvalue weighted by molar-refractivity contribution is 7.25. The molecule has 328 valence electrons. The van der Waals surface area contributed by atoms with Gasteiger partial charge in [0.1, 0.15) is 11.2 Å². The van der Waals surface area contributed by atoms with E-state index in [1.165, 1.54) is 75.8 Å². The molecule has 0 atom stereocenters. The summed E-state index contributed by atoms with van der Waals surface area (Å²) in [7, 11) is 0. The fourth-order valence-electron chi connectivity index (χ4n) is 11.3. The van der Waals surface area contributed by atoms with E-state index < -0.39 is 5.41 Å². The van der Waals surface area contributed by atoms with Crippen molar-refractivity contribution in [1.29, 1.82) is 0 Å². The molecule has 0 N–H and O–H groups in total. The number of rotatable bonds is 8. The maximum absolute atomic E-state index is 6.18. The molecule has 0 radical (unpaired) electrons. The molecule has 70 heavy (non-hydrogen) atoms. The van der Waals surface area contributed by atoms with Crippen LogP contribution >= 0.6 is 11.3 Å². The molecule has 2 aromatic heterocycles. The third-order valence-electron chi connectivity index (χ3n) is 14.6. The zero-order valence-corrected chi connectivity index (χ0v) is 38.9. The number of fused-ring (bicyclic) bond motifs is 9. The lowest BCUT2D eigenvalue weighted by Crippen LogP contribution is -2.28. The Morgan fingerprint density at radius 2 is 0.771 bits per heavy atom. The van der Waals surface area contributed by atoms with Crippen molar-refractivity contribution in [3.63, 3.8) is 0 Å². The van der Waals surface area contributed by atoms with Gasteiger partial charge in [-0.05, 0) is 146 Å². The zero-order chi connectivity index (χ0) is 46.2. The summed E-state index contributed by atoms with van der Waals surface area (Å²) in [5.41, 5.74) is 19.4. The first-order valence-electron chi connectivity index (χ1n) is 24.0. The van der Waals surface area contributed by atoms with Crippen molar-refractivity contribution in [2.24, 2.45) is 0 Å². The van der Waals surface area contributed by atoms with Crippen molar-refractivity contribution < 1.29 is 4.42 Å². The first-order valence-corrected chi connectivity index (χ1v) is 24.8. The van der Waals surface area contributed by atoms with E-state index in [-0.39, 0.29) is 0 Å². The minimum atomic E-state index is -0.472. The molecule has 0 saturated heterocycles. The standard InChI is InChI=1S/C67H43NOS/c1-2-15-50(16-3-1)67(61-21-8-4-17-55(61)56-18-5-9-22-62(56)67)51-31-37-54(38-32-51)68(53-35-27-45(28-36-53)48-29-39-64-59(42-48)57-19-6-10-23-63(57)69-64)52-33-25-44(26-34-52)46-13-12-14-47(41-46)49-30-40-66-60(43-49)58-20-7-11-24-65(58)70-66/h1-43H. The maximum Gasteiger partial charge on any atom is 0.135 e. The first-order chi connectivity index (χ1) is 34.7. The summed E-state index contributed by atoms with van der Waals surface area (Å²) in [6.45, 7) is 0. The molecule has 2 nitrogen and oxygen atoms in total. The lowest BCUT2D eigenvalue weighted by Gasteiger charge is -2.34. The Morgan fingerprint density at radius 3 is 1.47 bits per heavy atom. The Balaban J connectivity index is 0.863. The van der Waals surface area contributed by atoms with Crippen LogP contribution < -0.4 is 4.90 Å². The van der Waals surface area contributed by atoms with Crippen LogP contribution in [0.5, 0.6) is 0 Å². The molecule has 1 aliphatic carbocycles. The molecule has 0 saturated carbocycles. The van der Waals surface area contributed by atoms with Crippen LogP contribution in [0.25, 0.3) is 86.6 Å². The third kappa shape index (κ3) is 6.40. The van der Waals surface area contributed by atoms with Gasteiger partial charge in [0.25, 0.3) is 0 Å². The second-order valence-corrected chi connectivity index (χ2v) is 19.5. The van der Waals surface area contributed by atoms with E-state index in [4.69, 9.17) is 4.42 Å². The predicted molar refractivity (Wildman–Crippen MR) is 295 cm³/mol. The van der Waals surface area contributed by atoms with Crippen LogP contribution in [-0.4, -0.2) is 0 Å².